The highest BCUT2D eigenvalue weighted by molar-refractivity contribution is 5.97. The molecule has 9 nitrogen and oxygen atoms in total. The minimum atomic E-state index is -0.320. The third kappa shape index (κ3) is 6.40. The van der Waals surface area contributed by atoms with Crippen LogP contribution in [-0.4, -0.2) is 70.5 Å². The number of rotatable bonds is 7. The average Bonchev–Trinajstić information content (AvgIpc) is 3.27. The number of carbonyl (C=O) groups is 2. The highest BCUT2D eigenvalue weighted by atomic mass is 35.5. The van der Waals surface area contributed by atoms with Crippen LogP contribution in [0.25, 0.3) is 11.4 Å². The van der Waals surface area contributed by atoms with Gasteiger partial charge in [-0.1, -0.05) is 0 Å². The van der Waals surface area contributed by atoms with Gasteiger partial charge in [0.1, 0.15) is 5.82 Å². The van der Waals surface area contributed by atoms with Crippen LogP contribution < -0.4 is 11.1 Å². The third-order valence-corrected chi connectivity index (χ3v) is 4.54. The molecule has 29 heavy (non-hydrogen) atoms. The monoisotopic (exact) mass is 443 g/mol. The van der Waals surface area contributed by atoms with Crippen LogP contribution in [0.1, 0.15) is 12.2 Å². The zero-order valence-electron chi connectivity index (χ0n) is 16.4. The Morgan fingerprint density at radius 1 is 1.31 bits per heavy atom. The molecule has 0 saturated carbocycles. The molecular formula is C18H27Cl2N7O2. The molecule has 2 amide bonds. The van der Waals surface area contributed by atoms with Gasteiger partial charge in [-0.3, -0.25) is 14.7 Å². The van der Waals surface area contributed by atoms with E-state index in [4.69, 9.17) is 5.73 Å². The number of nitrogens with one attached hydrogen (secondary N) is 2. The molecule has 11 heteroatoms. The van der Waals surface area contributed by atoms with E-state index in [1.165, 1.54) is 0 Å². The minimum absolute atomic E-state index is 0. The number of hydrogen-bond donors (Lipinski definition) is 3. The van der Waals surface area contributed by atoms with E-state index in [1.807, 2.05) is 31.1 Å². The van der Waals surface area contributed by atoms with Crippen LogP contribution in [0, 0.1) is 5.92 Å². The lowest BCUT2D eigenvalue weighted by Gasteiger charge is -2.19. The minimum Gasteiger partial charge on any atom is -0.341 e. The molecule has 0 spiro atoms. The van der Waals surface area contributed by atoms with Crippen LogP contribution in [0.5, 0.6) is 0 Å². The molecule has 160 valence electrons. The number of nitrogens with zero attached hydrogens (tertiary/aromatic N) is 4. The first-order valence-corrected chi connectivity index (χ1v) is 8.91. The molecular weight excluding hydrogens is 417 g/mol. The van der Waals surface area contributed by atoms with Crippen LogP contribution in [-0.2, 0) is 16.1 Å². The first-order chi connectivity index (χ1) is 13.0. The van der Waals surface area contributed by atoms with Gasteiger partial charge in [0.25, 0.3) is 0 Å². The van der Waals surface area contributed by atoms with E-state index >= 15 is 0 Å². The average molecular weight is 444 g/mol. The number of aromatic amines is 1. The fourth-order valence-corrected chi connectivity index (χ4v) is 2.95. The molecule has 1 fully saturated rings. The number of carbonyl (C=O) groups excluding carboxylic acids is 2. The lowest BCUT2D eigenvalue weighted by Crippen LogP contribution is -2.33. The van der Waals surface area contributed by atoms with Gasteiger partial charge in [0, 0.05) is 37.3 Å². The number of amides is 2. The van der Waals surface area contributed by atoms with Gasteiger partial charge in [0.2, 0.25) is 11.8 Å². The van der Waals surface area contributed by atoms with Crippen molar-refractivity contribution in [2.24, 2.45) is 11.7 Å². The van der Waals surface area contributed by atoms with Crippen LogP contribution >= 0.6 is 24.8 Å². The zero-order chi connectivity index (χ0) is 19.4. The molecule has 1 saturated heterocycles. The quantitative estimate of drug-likeness (QED) is 0.589. The Labute approximate surface area is 182 Å². The number of likely N-dealkylation sites (tertiary alicyclic amines) is 1. The van der Waals surface area contributed by atoms with Gasteiger partial charge in [-0.15, -0.1) is 24.8 Å². The molecule has 1 atom stereocenters. The molecule has 3 rings (SSSR count). The van der Waals surface area contributed by atoms with Crippen molar-refractivity contribution in [3.63, 3.8) is 0 Å². The number of hydrogen-bond acceptors (Lipinski definition) is 6. The Morgan fingerprint density at radius 3 is 2.59 bits per heavy atom. The number of nitrogens with two attached hydrogens (primary N) is 1. The maximum Gasteiger partial charge on any atom is 0.229 e. The highest BCUT2D eigenvalue weighted by Crippen LogP contribution is 2.22. The standard InChI is InChI=1S/C18H25N7O2.2ClH/c1-24(2)7-8-25-11-13(9-16(25)26)18(27)20-14-5-3-12(4-6-14)17-21-15(10-19)22-23-17;;/h3-6,13H,7-11,19H2,1-2H3,(H,20,27)(H,21,22,23);2*1H. The zero-order valence-corrected chi connectivity index (χ0v) is 18.1. The van der Waals surface area contributed by atoms with E-state index < -0.39 is 0 Å². The smallest absolute Gasteiger partial charge is 0.229 e. The molecule has 2 heterocycles. The van der Waals surface area contributed by atoms with Crippen molar-refractivity contribution >= 4 is 42.3 Å². The number of halogens is 2. The Bertz CT molecular complexity index is 811. The van der Waals surface area contributed by atoms with Crippen molar-refractivity contribution in [1.82, 2.24) is 25.0 Å². The van der Waals surface area contributed by atoms with Gasteiger partial charge in [-0.05, 0) is 38.4 Å². The second kappa shape index (κ2) is 11.1. The van der Waals surface area contributed by atoms with Crippen molar-refractivity contribution in [2.75, 3.05) is 39.0 Å². The maximum atomic E-state index is 12.5. The number of aromatic nitrogens is 3. The van der Waals surface area contributed by atoms with E-state index in [9.17, 15) is 9.59 Å². The Balaban J connectivity index is 0.00000210. The molecule has 1 aliphatic heterocycles. The molecule has 1 aromatic heterocycles. The Kier molecular flexibility index (Phi) is 9.51. The largest absolute Gasteiger partial charge is 0.341 e. The molecule has 1 aromatic carbocycles. The lowest BCUT2D eigenvalue weighted by molar-refractivity contribution is -0.128. The molecule has 2 aromatic rings. The lowest BCUT2D eigenvalue weighted by atomic mass is 10.1. The van der Waals surface area contributed by atoms with Gasteiger partial charge in [-0.2, -0.15) is 5.10 Å². The van der Waals surface area contributed by atoms with Gasteiger partial charge in [0.05, 0.1) is 12.5 Å². The van der Waals surface area contributed by atoms with Crippen molar-refractivity contribution < 1.29 is 9.59 Å². The van der Waals surface area contributed by atoms with E-state index in [1.54, 1.807) is 17.0 Å². The maximum absolute atomic E-state index is 12.5. The molecule has 4 N–H and O–H groups in total. The highest BCUT2D eigenvalue weighted by Gasteiger charge is 2.34. The summed E-state index contributed by atoms with van der Waals surface area (Å²) in [6.07, 6.45) is 0.260. The fourth-order valence-electron chi connectivity index (χ4n) is 2.95. The van der Waals surface area contributed by atoms with E-state index in [-0.39, 0.29) is 49.0 Å². The van der Waals surface area contributed by atoms with Gasteiger partial charge in [-0.25, -0.2) is 4.98 Å². The van der Waals surface area contributed by atoms with E-state index in [2.05, 4.69) is 20.5 Å². The van der Waals surface area contributed by atoms with Crippen molar-refractivity contribution in [1.29, 1.82) is 0 Å². The summed E-state index contributed by atoms with van der Waals surface area (Å²) in [6, 6.07) is 7.27. The van der Waals surface area contributed by atoms with Crippen LogP contribution in [0.2, 0.25) is 0 Å². The summed E-state index contributed by atoms with van der Waals surface area (Å²) >= 11 is 0. The fraction of sp³-hybridized carbons (Fsp3) is 0.444. The first kappa shape index (κ1) is 24.8. The first-order valence-electron chi connectivity index (χ1n) is 8.91. The summed E-state index contributed by atoms with van der Waals surface area (Å²) in [4.78, 5) is 32.6. The second-order valence-electron chi connectivity index (χ2n) is 6.92. The number of H-pyrrole nitrogens is 1. The topological polar surface area (TPSA) is 120 Å². The number of anilines is 1. The normalized spacial score (nSPS) is 15.8. The predicted molar refractivity (Wildman–Crippen MR) is 116 cm³/mol. The van der Waals surface area contributed by atoms with Crippen LogP contribution in [0.15, 0.2) is 24.3 Å². The summed E-state index contributed by atoms with van der Waals surface area (Å²) in [5.41, 5.74) is 7.03. The molecule has 0 bridgehead atoms. The Morgan fingerprint density at radius 2 is 2.00 bits per heavy atom. The third-order valence-electron chi connectivity index (χ3n) is 4.54. The molecule has 0 aliphatic carbocycles. The summed E-state index contributed by atoms with van der Waals surface area (Å²) in [7, 11) is 3.92. The summed E-state index contributed by atoms with van der Waals surface area (Å²) in [5, 5.41) is 9.76. The van der Waals surface area contributed by atoms with Gasteiger partial charge in [0.15, 0.2) is 5.82 Å². The molecule has 1 unspecified atom stereocenters. The van der Waals surface area contributed by atoms with E-state index in [0.717, 1.165) is 12.1 Å². The summed E-state index contributed by atoms with van der Waals surface area (Å²) in [6.45, 7) is 2.20. The van der Waals surface area contributed by atoms with Crippen molar-refractivity contribution in [3.05, 3.63) is 30.1 Å². The SMILES string of the molecule is CN(C)CCN1CC(C(=O)Nc2ccc(-c3n[nH]c(CN)n3)cc2)CC1=O.Cl.Cl. The number of likely N-dealkylation sites (N-methyl/N-ethyl adjacent to an activating group) is 1. The molecule has 1 aliphatic rings. The van der Waals surface area contributed by atoms with Crippen LogP contribution in [0.4, 0.5) is 5.69 Å². The second-order valence-corrected chi connectivity index (χ2v) is 6.92. The predicted octanol–water partition coefficient (Wildman–Crippen LogP) is 1.12. The summed E-state index contributed by atoms with van der Waals surface area (Å²) < 4.78 is 0. The number of benzene rings is 1. The Hall–Kier alpha value is -2.20. The van der Waals surface area contributed by atoms with Crippen LogP contribution in [0.3, 0.4) is 0 Å². The summed E-state index contributed by atoms with van der Waals surface area (Å²) in [5.74, 6) is 0.761. The van der Waals surface area contributed by atoms with E-state index in [0.29, 0.717) is 37.0 Å². The van der Waals surface area contributed by atoms with Gasteiger partial charge < -0.3 is 20.9 Å². The van der Waals surface area contributed by atoms with Crippen molar-refractivity contribution in [3.8, 4) is 11.4 Å². The molecule has 0 radical (unpaired) electrons. The van der Waals surface area contributed by atoms with Gasteiger partial charge >= 0.3 is 0 Å². The van der Waals surface area contributed by atoms with Crippen molar-refractivity contribution in [2.45, 2.75) is 13.0 Å².